The molecule has 0 radical (unpaired) electrons. The van der Waals surface area contributed by atoms with Gasteiger partial charge in [-0.2, -0.15) is 0 Å². The van der Waals surface area contributed by atoms with E-state index in [0.717, 1.165) is 28.1 Å². The Labute approximate surface area is 126 Å². The Kier molecular flexibility index (Phi) is 3.66. The zero-order valence-electron chi connectivity index (χ0n) is 11.9. The maximum atomic E-state index is 11.3. The number of rotatable bonds is 4. The molecule has 0 aliphatic carbocycles. The van der Waals surface area contributed by atoms with Crippen molar-refractivity contribution < 1.29 is 4.79 Å². The van der Waals surface area contributed by atoms with Gasteiger partial charge >= 0.3 is 0 Å². The predicted molar refractivity (Wildman–Crippen MR) is 86.5 cm³/mol. The summed E-state index contributed by atoms with van der Waals surface area (Å²) in [5.74, 6) is 0.864. The van der Waals surface area contributed by atoms with Crippen LogP contribution in [0.4, 0.5) is 11.5 Å². The molecular weight excluding hydrogens is 282 g/mol. The number of nitrogens with one attached hydrogen (secondary N) is 1. The second-order valence-corrected chi connectivity index (χ2v) is 5.88. The molecule has 1 aromatic carbocycles. The number of carbonyl (C=O) groups is 1. The lowest BCUT2D eigenvalue weighted by Gasteiger charge is -2.06. The molecule has 0 fully saturated rings. The number of fused-ring (bicyclic) bond motifs is 1. The van der Waals surface area contributed by atoms with Gasteiger partial charge in [0, 0.05) is 16.1 Å². The standard InChI is InChI=1S/C16H15N3OS/c1-3-13-8-14-15(17-9-18-16(14)21-13)19-12-6-4-11(5-7-12)10(2)20/h4-9H,3H2,1-2H3,(H,17,18,19). The number of carbonyl (C=O) groups excluding carboxylic acids is 1. The Balaban J connectivity index is 1.93. The highest BCUT2D eigenvalue weighted by Gasteiger charge is 2.08. The molecule has 5 heteroatoms. The van der Waals surface area contributed by atoms with Gasteiger partial charge in [0.25, 0.3) is 0 Å². The maximum Gasteiger partial charge on any atom is 0.159 e. The lowest BCUT2D eigenvalue weighted by atomic mass is 10.1. The Bertz CT molecular complexity index is 793. The van der Waals surface area contributed by atoms with Crippen LogP contribution in [-0.4, -0.2) is 15.8 Å². The van der Waals surface area contributed by atoms with Crippen molar-refractivity contribution in [3.8, 4) is 0 Å². The Morgan fingerprint density at radius 2 is 2.00 bits per heavy atom. The quantitative estimate of drug-likeness (QED) is 0.733. The van der Waals surface area contributed by atoms with Gasteiger partial charge in [0.15, 0.2) is 5.78 Å². The number of nitrogens with zero attached hydrogens (tertiary/aromatic N) is 2. The van der Waals surface area contributed by atoms with Gasteiger partial charge in [-0.15, -0.1) is 11.3 Å². The first-order chi connectivity index (χ1) is 10.2. The highest BCUT2D eigenvalue weighted by atomic mass is 32.1. The molecule has 2 heterocycles. The third kappa shape index (κ3) is 2.78. The average molecular weight is 297 g/mol. The van der Waals surface area contributed by atoms with Crippen molar-refractivity contribution in [2.75, 3.05) is 5.32 Å². The molecule has 0 saturated carbocycles. The van der Waals surface area contributed by atoms with Gasteiger partial charge in [-0.25, -0.2) is 9.97 Å². The van der Waals surface area contributed by atoms with Gasteiger partial charge in [-0.1, -0.05) is 6.92 Å². The number of aromatic nitrogens is 2. The summed E-state index contributed by atoms with van der Waals surface area (Å²) in [6.45, 7) is 3.69. The molecule has 0 bridgehead atoms. The fraction of sp³-hybridized carbons (Fsp3) is 0.188. The van der Waals surface area contributed by atoms with Crippen molar-refractivity contribution in [3.63, 3.8) is 0 Å². The smallest absolute Gasteiger partial charge is 0.159 e. The van der Waals surface area contributed by atoms with Crippen molar-refractivity contribution in [2.45, 2.75) is 20.3 Å². The van der Waals surface area contributed by atoms with E-state index in [1.54, 1.807) is 24.6 Å². The normalized spacial score (nSPS) is 10.8. The summed E-state index contributed by atoms with van der Waals surface area (Å²) in [6.07, 6.45) is 2.57. The van der Waals surface area contributed by atoms with E-state index >= 15 is 0 Å². The molecule has 0 aliphatic rings. The summed E-state index contributed by atoms with van der Waals surface area (Å²) in [7, 11) is 0. The number of thiophene rings is 1. The summed E-state index contributed by atoms with van der Waals surface area (Å²) in [5, 5.41) is 4.33. The first-order valence-corrected chi connectivity index (χ1v) is 7.60. The van der Waals surface area contributed by atoms with Crippen LogP contribution in [0.2, 0.25) is 0 Å². The maximum absolute atomic E-state index is 11.3. The number of ketones is 1. The van der Waals surface area contributed by atoms with Crippen LogP contribution in [0.3, 0.4) is 0 Å². The van der Waals surface area contributed by atoms with Crippen molar-refractivity contribution >= 4 is 38.8 Å². The molecule has 106 valence electrons. The second kappa shape index (κ2) is 5.61. The van der Waals surface area contributed by atoms with Crippen LogP contribution in [-0.2, 0) is 6.42 Å². The monoisotopic (exact) mass is 297 g/mol. The van der Waals surface area contributed by atoms with E-state index in [1.807, 2.05) is 24.3 Å². The lowest BCUT2D eigenvalue weighted by Crippen LogP contribution is -1.96. The number of Topliss-reactive ketones (excluding diaryl/α,β-unsaturated/α-hetero) is 1. The summed E-state index contributed by atoms with van der Waals surface area (Å²) < 4.78 is 0. The molecule has 4 nitrogen and oxygen atoms in total. The predicted octanol–water partition coefficient (Wildman–Crippen LogP) is 4.20. The van der Waals surface area contributed by atoms with Gasteiger partial charge < -0.3 is 5.32 Å². The fourth-order valence-corrected chi connectivity index (χ4v) is 3.04. The first kappa shape index (κ1) is 13.7. The third-order valence-corrected chi connectivity index (χ3v) is 4.47. The molecule has 0 saturated heterocycles. The molecule has 1 N–H and O–H groups in total. The van der Waals surface area contributed by atoms with Gasteiger partial charge in [0.05, 0.1) is 5.39 Å². The van der Waals surface area contributed by atoms with Crippen molar-refractivity contribution in [3.05, 3.63) is 47.1 Å². The molecule has 2 aromatic heterocycles. The molecule has 3 aromatic rings. The van der Waals surface area contributed by atoms with E-state index in [2.05, 4.69) is 28.3 Å². The number of hydrogen-bond donors (Lipinski definition) is 1. The Hall–Kier alpha value is -2.27. The van der Waals surface area contributed by atoms with E-state index in [4.69, 9.17) is 0 Å². The van der Waals surface area contributed by atoms with Crippen molar-refractivity contribution in [1.82, 2.24) is 9.97 Å². The van der Waals surface area contributed by atoms with Gasteiger partial charge in [-0.05, 0) is 43.7 Å². The van der Waals surface area contributed by atoms with Crippen LogP contribution in [0.1, 0.15) is 29.1 Å². The van der Waals surface area contributed by atoms with Crippen LogP contribution >= 0.6 is 11.3 Å². The SMILES string of the molecule is CCc1cc2c(Nc3ccc(C(C)=O)cc3)ncnc2s1. The van der Waals surface area contributed by atoms with Gasteiger partial charge in [0.1, 0.15) is 17.0 Å². The van der Waals surface area contributed by atoms with E-state index in [-0.39, 0.29) is 5.78 Å². The topological polar surface area (TPSA) is 54.9 Å². The van der Waals surface area contributed by atoms with Gasteiger partial charge in [-0.3, -0.25) is 4.79 Å². The fourth-order valence-electron chi connectivity index (χ4n) is 2.10. The summed E-state index contributed by atoms with van der Waals surface area (Å²) in [5.41, 5.74) is 1.61. The van der Waals surface area contributed by atoms with Crippen LogP contribution in [0.5, 0.6) is 0 Å². The van der Waals surface area contributed by atoms with Gasteiger partial charge in [0.2, 0.25) is 0 Å². The highest BCUT2D eigenvalue weighted by Crippen LogP contribution is 2.30. The van der Waals surface area contributed by atoms with E-state index in [9.17, 15) is 4.79 Å². The van der Waals surface area contributed by atoms with E-state index in [0.29, 0.717) is 5.56 Å². The minimum Gasteiger partial charge on any atom is -0.340 e. The average Bonchev–Trinajstić information content (AvgIpc) is 2.92. The molecule has 21 heavy (non-hydrogen) atoms. The number of hydrogen-bond acceptors (Lipinski definition) is 5. The Morgan fingerprint density at radius 3 is 2.67 bits per heavy atom. The summed E-state index contributed by atoms with van der Waals surface area (Å²) >= 11 is 1.69. The molecule has 0 atom stereocenters. The van der Waals surface area contributed by atoms with E-state index in [1.165, 1.54) is 4.88 Å². The minimum absolute atomic E-state index is 0.0661. The lowest BCUT2D eigenvalue weighted by molar-refractivity contribution is 0.101. The molecule has 0 unspecified atom stereocenters. The molecule has 0 spiro atoms. The third-order valence-electron chi connectivity index (χ3n) is 3.28. The largest absolute Gasteiger partial charge is 0.340 e. The van der Waals surface area contributed by atoms with E-state index < -0.39 is 0 Å². The Morgan fingerprint density at radius 1 is 1.24 bits per heavy atom. The second-order valence-electron chi connectivity index (χ2n) is 4.77. The highest BCUT2D eigenvalue weighted by molar-refractivity contribution is 7.18. The number of anilines is 2. The number of aryl methyl sites for hydroxylation is 1. The van der Waals surface area contributed by atoms with Crippen molar-refractivity contribution in [1.29, 1.82) is 0 Å². The van der Waals surface area contributed by atoms with Crippen LogP contribution < -0.4 is 5.32 Å². The zero-order chi connectivity index (χ0) is 14.8. The summed E-state index contributed by atoms with van der Waals surface area (Å²) in [4.78, 5) is 22.2. The van der Waals surface area contributed by atoms with Crippen LogP contribution in [0, 0.1) is 0 Å². The molecule has 3 rings (SSSR count). The number of benzene rings is 1. The zero-order valence-corrected chi connectivity index (χ0v) is 12.7. The van der Waals surface area contributed by atoms with Crippen LogP contribution in [0.25, 0.3) is 10.2 Å². The van der Waals surface area contributed by atoms with Crippen LogP contribution in [0.15, 0.2) is 36.7 Å². The van der Waals surface area contributed by atoms with Crippen molar-refractivity contribution in [2.24, 2.45) is 0 Å². The molecule has 0 aliphatic heterocycles. The molecular formula is C16H15N3OS. The minimum atomic E-state index is 0.0661. The first-order valence-electron chi connectivity index (χ1n) is 6.79. The summed E-state index contributed by atoms with van der Waals surface area (Å²) in [6, 6.07) is 9.53. The molecule has 0 amide bonds.